The summed E-state index contributed by atoms with van der Waals surface area (Å²) >= 11 is 1.74. The van der Waals surface area contributed by atoms with E-state index in [9.17, 15) is 9.59 Å². The van der Waals surface area contributed by atoms with Crippen molar-refractivity contribution in [1.82, 2.24) is 9.80 Å². The second-order valence-corrected chi connectivity index (χ2v) is 11.2. The molecule has 3 aromatic rings. The Labute approximate surface area is 225 Å². The highest BCUT2D eigenvalue weighted by molar-refractivity contribution is 7.10. The first kappa shape index (κ1) is 26.9. The number of carbonyl (C=O) groups is 2. The molecular formula is C31H38N2O3S. The minimum absolute atomic E-state index is 0.00355. The summed E-state index contributed by atoms with van der Waals surface area (Å²) in [6, 6.07) is 17.9. The molecule has 2 aromatic carbocycles. The fourth-order valence-electron chi connectivity index (χ4n) is 4.90. The first-order chi connectivity index (χ1) is 17.9. The Hall–Kier alpha value is -3.12. The Bertz CT molecular complexity index is 1210. The minimum Gasteiger partial charge on any atom is -0.491 e. The molecule has 6 heteroatoms. The van der Waals surface area contributed by atoms with Crippen molar-refractivity contribution in [3.05, 3.63) is 87.1 Å². The molecule has 0 N–H and O–H groups in total. The van der Waals surface area contributed by atoms with Gasteiger partial charge in [0.25, 0.3) is 0 Å². The van der Waals surface area contributed by atoms with Gasteiger partial charge in [0.05, 0.1) is 19.0 Å². The molecule has 0 radical (unpaired) electrons. The van der Waals surface area contributed by atoms with Gasteiger partial charge in [-0.05, 0) is 60.4 Å². The molecule has 1 aliphatic rings. The maximum atomic E-state index is 13.8. The summed E-state index contributed by atoms with van der Waals surface area (Å²) in [6.07, 6.45) is 2.10. The van der Waals surface area contributed by atoms with E-state index in [4.69, 9.17) is 4.74 Å². The molecule has 0 aliphatic carbocycles. The average molecular weight is 519 g/mol. The van der Waals surface area contributed by atoms with Crippen molar-refractivity contribution >= 4 is 23.2 Å². The van der Waals surface area contributed by atoms with Gasteiger partial charge in [-0.1, -0.05) is 68.3 Å². The molecule has 0 fully saturated rings. The quantitative estimate of drug-likeness (QED) is 0.331. The molecule has 1 aromatic heterocycles. The van der Waals surface area contributed by atoms with Crippen molar-refractivity contribution in [2.24, 2.45) is 5.92 Å². The normalized spacial score (nSPS) is 15.7. The summed E-state index contributed by atoms with van der Waals surface area (Å²) in [7, 11) is 0. The maximum Gasteiger partial charge on any atom is 0.242 e. The standard InChI is InChI=1S/C31H38N2O3S/c1-5-22(2)19-32(30(34)18-25-9-7-6-8-10-25)20-31(35)33-15-13-29-26(14-16-37-29)27(33)21-36-28-12-11-23(3)17-24(28)4/h6-12,14,16-17,22,27H,5,13,15,18-21H2,1-4H3/t22-,27-/m0/s1. The smallest absolute Gasteiger partial charge is 0.242 e. The van der Waals surface area contributed by atoms with Gasteiger partial charge in [0, 0.05) is 18.0 Å². The molecule has 0 spiro atoms. The van der Waals surface area contributed by atoms with Gasteiger partial charge in [-0.2, -0.15) is 0 Å². The molecule has 2 atom stereocenters. The third-order valence-electron chi connectivity index (χ3n) is 7.25. The number of aryl methyl sites for hydroxylation is 2. The van der Waals surface area contributed by atoms with E-state index in [0.717, 1.165) is 29.7 Å². The van der Waals surface area contributed by atoms with Gasteiger partial charge in [-0.25, -0.2) is 0 Å². The second kappa shape index (κ2) is 12.4. The van der Waals surface area contributed by atoms with Gasteiger partial charge >= 0.3 is 0 Å². The largest absolute Gasteiger partial charge is 0.491 e. The number of ether oxygens (including phenoxy) is 1. The van der Waals surface area contributed by atoms with Crippen molar-refractivity contribution in [2.45, 2.75) is 53.0 Å². The fourth-order valence-corrected chi connectivity index (χ4v) is 5.83. The molecule has 0 bridgehead atoms. The lowest BCUT2D eigenvalue weighted by atomic mass is 10.00. The van der Waals surface area contributed by atoms with E-state index in [1.807, 2.05) is 54.3 Å². The van der Waals surface area contributed by atoms with Crippen molar-refractivity contribution in [3.8, 4) is 5.75 Å². The second-order valence-electron chi connectivity index (χ2n) is 10.2. The van der Waals surface area contributed by atoms with Crippen LogP contribution in [0.4, 0.5) is 0 Å². The van der Waals surface area contributed by atoms with E-state index in [0.29, 0.717) is 32.0 Å². The van der Waals surface area contributed by atoms with Crippen LogP contribution < -0.4 is 4.74 Å². The number of carbonyl (C=O) groups excluding carboxylic acids is 2. The van der Waals surface area contributed by atoms with Gasteiger partial charge < -0.3 is 14.5 Å². The van der Waals surface area contributed by atoms with Crippen LogP contribution >= 0.6 is 11.3 Å². The van der Waals surface area contributed by atoms with Crippen LogP contribution in [-0.4, -0.2) is 47.9 Å². The van der Waals surface area contributed by atoms with Gasteiger partial charge in [0.15, 0.2) is 0 Å². The van der Waals surface area contributed by atoms with Crippen LogP contribution in [0.15, 0.2) is 60.0 Å². The molecule has 196 valence electrons. The van der Waals surface area contributed by atoms with Crippen molar-refractivity contribution in [3.63, 3.8) is 0 Å². The maximum absolute atomic E-state index is 13.8. The molecular weight excluding hydrogens is 480 g/mol. The third kappa shape index (κ3) is 6.80. The van der Waals surface area contributed by atoms with Crippen LogP contribution in [0.25, 0.3) is 0 Å². The van der Waals surface area contributed by atoms with Gasteiger partial charge in [0.1, 0.15) is 12.4 Å². The zero-order chi connectivity index (χ0) is 26.4. The number of rotatable bonds is 10. The van der Waals surface area contributed by atoms with Crippen molar-refractivity contribution in [1.29, 1.82) is 0 Å². The molecule has 2 amide bonds. The topological polar surface area (TPSA) is 49.9 Å². The van der Waals surface area contributed by atoms with E-state index in [2.05, 4.69) is 38.3 Å². The summed E-state index contributed by atoms with van der Waals surface area (Å²) in [5, 5.41) is 2.10. The van der Waals surface area contributed by atoms with E-state index in [1.165, 1.54) is 16.0 Å². The number of hydrogen-bond donors (Lipinski definition) is 0. The van der Waals surface area contributed by atoms with Crippen molar-refractivity contribution < 1.29 is 14.3 Å². The van der Waals surface area contributed by atoms with Gasteiger partial charge in [0.2, 0.25) is 11.8 Å². The molecule has 4 rings (SSSR count). The minimum atomic E-state index is -0.169. The Morgan fingerprint density at radius 1 is 1.14 bits per heavy atom. The van der Waals surface area contributed by atoms with Crippen LogP contribution in [0.3, 0.4) is 0 Å². The molecule has 37 heavy (non-hydrogen) atoms. The lowest BCUT2D eigenvalue weighted by Gasteiger charge is -2.37. The summed E-state index contributed by atoms with van der Waals surface area (Å²) in [5.41, 5.74) is 4.42. The SMILES string of the molecule is CC[C@H](C)CN(CC(=O)N1CCc2sccc2[C@@H]1COc1ccc(C)cc1C)C(=O)Cc1ccccc1. The highest BCUT2D eigenvalue weighted by Gasteiger charge is 2.33. The van der Waals surface area contributed by atoms with Crippen molar-refractivity contribution in [2.75, 3.05) is 26.2 Å². The molecule has 0 unspecified atom stereocenters. The number of fused-ring (bicyclic) bond motifs is 1. The highest BCUT2D eigenvalue weighted by atomic mass is 32.1. The lowest BCUT2D eigenvalue weighted by Crippen LogP contribution is -2.48. The molecule has 5 nitrogen and oxygen atoms in total. The molecule has 0 saturated carbocycles. The fraction of sp³-hybridized carbons (Fsp3) is 0.419. The zero-order valence-electron chi connectivity index (χ0n) is 22.4. The Kier molecular flexibility index (Phi) is 9.04. The van der Waals surface area contributed by atoms with Crippen LogP contribution in [0.2, 0.25) is 0 Å². The number of thiophene rings is 1. The molecule has 2 heterocycles. The number of benzene rings is 2. The first-order valence-electron chi connectivity index (χ1n) is 13.2. The Morgan fingerprint density at radius 3 is 2.65 bits per heavy atom. The van der Waals surface area contributed by atoms with Crippen LogP contribution in [0, 0.1) is 19.8 Å². The van der Waals surface area contributed by atoms with E-state index < -0.39 is 0 Å². The monoisotopic (exact) mass is 518 g/mol. The van der Waals surface area contributed by atoms with Crippen LogP contribution in [0.5, 0.6) is 5.75 Å². The predicted molar refractivity (Wildman–Crippen MR) is 150 cm³/mol. The van der Waals surface area contributed by atoms with Crippen LogP contribution in [0.1, 0.15) is 53.4 Å². The Morgan fingerprint density at radius 2 is 1.92 bits per heavy atom. The van der Waals surface area contributed by atoms with Gasteiger partial charge in [-0.3, -0.25) is 9.59 Å². The summed E-state index contributed by atoms with van der Waals surface area (Å²) < 4.78 is 6.28. The summed E-state index contributed by atoms with van der Waals surface area (Å²) in [4.78, 5) is 32.1. The number of amides is 2. The highest BCUT2D eigenvalue weighted by Crippen LogP contribution is 2.34. The number of nitrogens with zero attached hydrogens (tertiary/aromatic N) is 2. The molecule has 0 saturated heterocycles. The Balaban J connectivity index is 1.51. The predicted octanol–water partition coefficient (Wildman–Crippen LogP) is 5.99. The van der Waals surface area contributed by atoms with E-state index in [-0.39, 0.29) is 24.4 Å². The average Bonchev–Trinajstić information content (AvgIpc) is 3.37. The first-order valence-corrected chi connectivity index (χ1v) is 14.1. The van der Waals surface area contributed by atoms with Gasteiger partial charge in [-0.15, -0.1) is 11.3 Å². The summed E-state index contributed by atoms with van der Waals surface area (Å²) in [6.45, 7) is 10.1. The molecule has 1 aliphatic heterocycles. The van der Waals surface area contributed by atoms with Crippen LogP contribution in [-0.2, 0) is 22.4 Å². The zero-order valence-corrected chi connectivity index (χ0v) is 23.2. The number of hydrogen-bond acceptors (Lipinski definition) is 4. The van der Waals surface area contributed by atoms with E-state index >= 15 is 0 Å². The lowest BCUT2D eigenvalue weighted by molar-refractivity contribution is -0.143. The third-order valence-corrected chi connectivity index (χ3v) is 8.24. The van der Waals surface area contributed by atoms with E-state index in [1.54, 1.807) is 16.2 Å². The summed E-state index contributed by atoms with van der Waals surface area (Å²) in [5.74, 6) is 1.14.